The van der Waals surface area contributed by atoms with E-state index in [1.54, 1.807) is 0 Å². The molecule has 6 heteroatoms. The first-order valence-corrected chi connectivity index (χ1v) is 24.2. The SMILES string of the molecule is CC(C)(C)c1ccc(-c2c(-c3ccc(C(C)(C)C)cc3)c(P(Cl)Cl)c(-c3ccc(C(C)(C)C)cc3)c(-c3ccc(C(C)(C)C)cc3)c2P(Cl)Cl)cc1. The summed E-state index contributed by atoms with van der Waals surface area (Å²) in [6.07, 6.45) is 0. The molecule has 5 aromatic rings. The Morgan fingerprint density at radius 3 is 0.558 bits per heavy atom. The van der Waals surface area contributed by atoms with Crippen molar-refractivity contribution in [2.24, 2.45) is 0 Å². The van der Waals surface area contributed by atoms with Crippen LogP contribution in [-0.4, -0.2) is 0 Å². The van der Waals surface area contributed by atoms with Crippen LogP contribution in [0.4, 0.5) is 0 Å². The van der Waals surface area contributed by atoms with Crippen molar-refractivity contribution in [2.75, 3.05) is 0 Å². The quantitative estimate of drug-likeness (QED) is 0.150. The first-order chi connectivity index (χ1) is 24.0. The molecule has 0 spiro atoms. The van der Waals surface area contributed by atoms with Gasteiger partial charge in [-0.25, -0.2) is 0 Å². The van der Waals surface area contributed by atoms with Crippen LogP contribution in [0.5, 0.6) is 0 Å². The van der Waals surface area contributed by atoms with Crippen molar-refractivity contribution in [1.82, 2.24) is 0 Å². The van der Waals surface area contributed by atoms with Crippen molar-refractivity contribution >= 4 is 68.8 Å². The molecule has 0 N–H and O–H groups in total. The summed E-state index contributed by atoms with van der Waals surface area (Å²) in [6, 6.07) is 35.4. The molecule has 0 fully saturated rings. The van der Waals surface area contributed by atoms with Crippen molar-refractivity contribution in [3.05, 3.63) is 119 Å². The van der Waals surface area contributed by atoms with E-state index in [0.29, 0.717) is 0 Å². The Hall–Kier alpha value is -1.88. The fourth-order valence-corrected chi connectivity index (χ4v) is 10.4. The van der Waals surface area contributed by atoms with Crippen LogP contribution in [-0.2, 0) is 21.7 Å². The second-order valence-corrected chi connectivity index (χ2v) is 24.9. The van der Waals surface area contributed by atoms with Gasteiger partial charge in [0.2, 0.25) is 0 Å². The van der Waals surface area contributed by atoms with Crippen LogP contribution >= 0.6 is 58.2 Å². The monoisotopic (exact) mass is 806 g/mol. The highest BCUT2D eigenvalue weighted by molar-refractivity contribution is 8.10. The van der Waals surface area contributed by atoms with Gasteiger partial charge in [0.1, 0.15) is 13.3 Å². The van der Waals surface area contributed by atoms with Crippen LogP contribution in [0.15, 0.2) is 97.1 Å². The van der Waals surface area contributed by atoms with E-state index in [1.807, 2.05) is 0 Å². The smallest absolute Gasteiger partial charge is 0.0727 e. The van der Waals surface area contributed by atoms with E-state index >= 15 is 0 Å². The lowest BCUT2D eigenvalue weighted by molar-refractivity contribution is 0.590. The lowest BCUT2D eigenvalue weighted by atomic mass is 9.81. The third-order valence-corrected chi connectivity index (χ3v) is 13.5. The van der Waals surface area contributed by atoms with Gasteiger partial charge in [-0.2, -0.15) is 0 Å². The van der Waals surface area contributed by atoms with Gasteiger partial charge in [0, 0.05) is 32.9 Å². The molecule has 0 aromatic heterocycles. The fraction of sp³-hybridized carbons (Fsp3) is 0.348. The minimum Gasteiger partial charge on any atom is -0.0727 e. The van der Waals surface area contributed by atoms with Gasteiger partial charge in [-0.3, -0.25) is 0 Å². The lowest BCUT2D eigenvalue weighted by Crippen LogP contribution is -2.20. The average molecular weight is 809 g/mol. The highest BCUT2D eigenvalue weighted by atomic mass is 35.9. The lowest BCUT2D eigenvalue weighted by Gasteiger charge is -2.30. The van der Waals surface area contributed by atoms with Crippen molar-refractivity contribution < 1.29 is 0 Å². The highest BCUT2D eigenvalue weighted by Crippen LogP contribution is 2.59. The van der Waals surface area contributed by atoms with Gasteiger partial charge in [0.05, 0.1) is 0 Å². The van der Waals surface area contributed by atoms with Gasteiger partial charge in [0.25, 0.3) is 0 Å². The fourth-order valence-electron chi connectivity index (χ4n) is 6.73. The Kier molecular flexibility index (Phi) is 12.2. The van der Waals surface area contributed by atoms with Gasteiger partial charge in [-0.05, 0) is 66.2 Å². The van der Waals surface area contributed by atoms with E-state index in [2.05, 4.69) is 180 Å². The van der Waals surface area contributed by atoms with E-state index in [9.17, 15) is 0 Å². The number of hydrogen-bond donors (Lipinski definition) is 0. The molecule has 0 atom stereocenters. The molecule has 0 nitrogen and oxygen atoms in total. The Balaban J connectivity index is 2.03. The molecule has 0 unspecified atom stereocenters. The number of rotatable bonds is 6. The summed E-state index contributed by atoms with van der Waals surface area (Å²) in [6.45, 7) is 23.5. The van der Waals surface area contributed by atoms with E-state index in [1.165, 1.54) is 22.3 Å². The Morgan fingerprint density at radius 2 is 0.442 bits per heavy atom. The van der Waals surface area contributed by atoms with Crippen molar-refractivity contribution in [1.29, 1.82) is 0 Å². The van der Waals surface area contributed by atoms with Gasteiger partial charge in [-0.1, -0.05) is 225 Å². The van der Waals surface area contributed by atoms with Crippen molar-refractivity contribution in [3.63, 3.8) is 0 Å². The zero-order valence-corrected chi connectivity index (χ0v) is 37.5. The largest absolute Gasteiger partial charge is 0.118 e. The summed E-state index contributed by atoms with van der Waals surface area (Å²) >= 11 is 29.2. The first-order valence-electron chi connectivity index (χ1n) is 17.9. The van der Waals surface area contributed by atoms with Crippen LogP contribution in [0.2, 0.25) is 0 Å². The Morgan fingerprint density at radius 1 is 0.288 bits per heavy atom. The zero-order chi connectivity index (χ0) is 38.6. The second kappa shape index (κ2) is 15.3. The molecule has 5 aromatic carbocycles. The molecule has 274 valence electrons. The van der Waals surface area contributed by atoms with Gasteiger partial charge in [0.15, 0.2) is 0 Å². The van der Waals surface area contributed by atoms with Crippen LogP contribution in [0.3, 0.4) is 0 Å². The molecule has 0 amide bonds. The first kappa shape index (κ1) is 41.3. The van der Waals surface area contributed by atoms with Crippen LogP contribution in [0.1, 0.15) is 105 Å². The standard InChI is InChI=1S/C46H52Cl4P2/c1-43(2,3)33-21-13-29(14-22-33)37-38(30-15-23-34(24-16-30)44(4,5)6)42(52(49)50)40(32-19-27-36(28-20-32)46(10,11)12)39(41(37)51(47)48)31-17-25-35(26-18-31)45(7,8)9/h13-28H,1-12H3. The average Bonchev–Trinajstić information content (AvgIpc) is 3.05. The molecule has 0 aliphatic carbocycles. The molecule has 0 saturated carbocycles. The number of hydrogen-bond acceptors (Lipinski definition) is 0. The molecular weight excluding hydrogens is 756 g/mol. The van der Waals surface area contributed by atoms with Crippen LogP contribution in [0.25, 0.3) is 44.5 Å². The van der Waals surface area contributed by atoms with Gasteiger partial charge >= 0.3 is 0 Å². The summed E-state index contributed by atoms with van der Waals surface area (Å²) in [4.78, 5) is 0. The third-order valence-electron chi connectivity index (χ3n) is 9.94. The molecule has 0 aliphatic heterocycles. The zero-order valence-electron chi connectivity index (χ0n) is 32.6. The predicted octanol–water partition coefficient (Wildman–Crippen LogP) is 16.4. The van der Waals surface area contributed by atoms with E-state index < -0.39 is 13.3 Å². The minimum absolute atomic E-state index is 0.00659. The summed E-state index contributed by atoms with van der Waals surface area (Å²) in [5.74, 6) is 0. The molecule has 0 radical (unpaired) electrons. The van der Waals surface area contributed by atoms with Gasteiger partial charge < -0.3 is 0 Å². The van der Waals surface area contributed by atoms with E-state index in [4.69, 9.17) is 45.0 Å². The molecule has 5 rings (SSSR count). The summed E-state index contributed by atoms with van der Waals surface area (Å²) in [5.41, 5.74) is 13.0. The summed E-state index contributed by atoms with van der Waals surface area (Å²) < 4.78 is 0. The summed E-state index contributed by atoms with van der Waals surface area (Å²) in [7, 11) is 0. The van der Waals surface area contributed by atoms with Crippen molar-refractivity contribution in [3.8, 4) is 44.5 Å². The topological polar surface area (TPSA) is 0 Å². The molecule has 0 aliphatic rings. The highest BCUT2D eigenvalue weighted by Gasteiger charge is 2.33. The van der Waals surface area contributed by atoms with E-state index in [-0.39, 0.29) is 21.7 Å². The third kappa shape index (κ3) is 8.81. The van der Waals surface area contributed by atoms with Crippen molar-refractivity contribution in [2.45, 2.75) is 105 Å². The Bertz CT molecular complexity index is 1730. The molecule has 0 bridgehead atoms. The normalized spacial score (nSPS) is 13.0. The van der Waals surface area contributed by atoms with Crippen LogP contribution in [0, 0.1) is 0 Å². The van der Waals surface area contributed by atoms with Crippen LogP contribution < -0.4 is 10.6 Å². The molecular formula is C46H52Cl4P2. The minimum atomic E-state index is -1.67. The molecule has 0 heterocycles. The van der Waals surface area contributed by atoms with E-state index in [0.717, 1.165) is 55.1 Å². The molecule has 52 heavy (non-hydrogen) atoms. The number of benzene rings is 5. The molecule has 0 saturated heterocycles. The maximum Gasteiger partial charge on any atom is 0.118 e. The number of halogens is 4. The Labute approximate surface area is 335 Å². The second-order valence-electron chi connectivity index (χ2n) is 18.0. The van der Waals surface area contributed by atoms with Gasteiger partial charge in [-0.15, -0.1) is 0 Å². The predicted molar refractivity (Wildman–Crippen MR) is 240 cm³/mol. The maximum atomic E-state index is 7.31. The maximum absolute atomic E-state index is 7.31. The summed E-state index contributed by atoms with van der Waals surface area (Å²) in [5, 5.41) is 1.81.